The van der Waals surface area contributed by atoms with E-state index in [1.54, 1.807) is 0 Å². The molecular weight excluding hydrogens is 260 g/mol. The molecule has 1 unspecified atom stereocenters. The highest BCUT2D eigenvalue weighted by atomic mass is 35.5. The van der Waals surface area contributed by atoms with Crippen LogP contribution in [-0.4, -0.2) is 38.1 Å². The summed E-state index contributed by atoms with van der Waals surface area (Å²) in [6.45, 7) is 5.72. The average Bonchev–Trinajstić information content (AvgIpc) is 2.97. The van der Waals surface area contributed by atoms with E-state index in [0.29, 0.717) is 12.1 Å². The van der Waals surface area contributed by atoms with Gasteiger partial charge in [0, 0.05) is 24.7 Å². The highest BCUT2D eigenvalue weighted by Gasteiger charge is 2.27. The highest BCUT2D eigenvalue weighted by molar-refractivity contribution is 6.30. The molecule has 0 amide bonds. The first-order valence-electron chi connectivity index (χ1n) is 6.90. The number of aromatic nitrogens is 3. The highest BCUT2D eigenvalue weighted by Crippen LogP contribution is 2.23. The first kappa shape index (κ1) is 12.9. The van der Waals surface area contributed by atoms with Gasteiger partial charge in [0.05, 0.1) is 5.02 Å². The van der Waals surface area contributed by atoms with E-state index in [2.05, 4.69) is 28.9 Å². The fourth-order valence-electron chi connectivity index (χ4n) is 3.02. The largest absolute Gasteiger partial charge is 0.298 e. The predicted molar refractivity (Wildman–Crippen MR) is 76.6 cm³/mol. The standard InChI is InChI=1S/C14H19ClN4/c1-10(2)18-7-3-4-12(18)8-14-17-16-13-6-5-11(15)9-19(13)14/h5-6,9-10,12H,3-4,7-8H2,1-2H3. The third-order valence-corrected chi connectivity index (χ3v) is 4.16. The maximum absolute atomic E-state index is 6.06. The van der Waals surface area contributed by atoms with Crippen LogP contribution in [0.1, 0.15) is 32.5 Å². The second-order valence-electron chi connectivity index (χ2n) is 5.52. The number of fused-ring (bicyclic) bond motifs is 1. The van der Waals surface area contributed by atoms with Crippen LogP contribution < -0.4 is 0 Å². The smallest absolute Gasteiger partial charge is 0.160 e. The monoisotopic (exact) mass is 278 g/mol. The Bertz CT molecular complexity index is 578. The first-order chi connectivity index (χ1) is 9.15. The lowest BCUT2D eigenvalue weighted by Gasteiger charge is -2.27. The van der Waals surface area contributed by atoms with Crippen LogP contribution in [0.15, 0.2) is 18.3 Å². The number of halogens is 1. The molecule has 1 aliphatic rings. The lowest BCUT2D eigenvalue weighted by Crippen LogP contribution is -2.37. The van der Waals surface area contributed by atoms with Gasteiger partial charge in [-0.05, 0) is 45.4 Å². The number of pyridine rings is 1. The lowest BCUT2D eigenvalue weighted by atomic mass is 10.1. The molecule has 4 nitrogen and oxygen atoms in total. The van der Waals surface area contributed by atoms with Crippen molar-refractivity contribution in [2.75, 3.05) is 6.54 Å². The summed E-state index contributed by atoms with van der Waals surface area (Å²) < 4.78 is 2.01. The predicted octanol–water partition coefficient (Wildman–Crippen LogP) is 2.80. The topological polar surface area (TPSA) is 33.4 Å². The van der Waals surface area contributed by atoms with Crippen molar-refractivity contribution in [1.82, 2.24) is 19.5 Å². The molecule has 0 spiro atoms. The molecule has 0 bridgehead atoms. The Labute approximate surface area is 118 Å². The molecule has 0 N–H and O–H groups in total. The number of rotatable bonds is 3. The SMILES string of the molecule is CC(C)N1CCCC1Cc1nnc2ccc(Cl)cn12. The van der Waals surface area contributed by atoms with Gasteiger partial charge in [-0.25, -0.2) is 0 Å². The summed E-state index contributed by atoms with van der Waals surface area (Å²) in [6, 6.07) is 4.93. The van der Waals surface area contributed by atoms with E-state index in [4.69, 9.17) is 11.6 Å². The fraction of sp³-hybridized carbons (Fsp3) is 0.571. The van der Waals surface area contributed by atoms with E-state index < -0.39 is 0 Å². The number of likely N-dealkylation sites (tertiary alicyclic amines) is 1. The minimum Gasteiger partial charge on any atom is -0.298 e. The molecule has 3 heterocycles. The van der Waals surface area contributed by atoms with Gasteiger partial charge < -0.3 is 0 Å². The fourth-order valence-corrected chi connectivity index (χ4v) is 3.18. The van der Waals surface area contributed by atoms with Crippen molar-refractivity contribution in [2.24, 2.45) is 0 Å². The van der Waals surface area contributed by atoms with E-state index in [0.717, 1.165) is 22.9 Å². The van der Waals surface area contributed by atoms with E-state index in [1.807, 2.05) is 22.7 Å². The number of hydrogen-bond donors (Lipinski definition) is 0. The van der Waals surface area contributed by atoms with Gasteiger partial charge in [0.15, 0.2) is 5.65 Å². The van der Waals surface area contributed by atoms with Crippen LogP contribution in [0, 0.1) is 0 Å². The molecule has 3 rings (SSSR count). The molecule has 2 aromatic heterocycles. The van der Waals surface area contributed by atoms with Crippen LogP contribution in [0.25, 0.3) is 5.65 Å². The Kier molecular flexibility index (Phi) is 3.46. The van der Waals surface area contributed by atoms with Gasteiger partial charge in [0.2, 0.25) is 0 Å². The zero-order chi connectivity index (χ0) is 13.4. The van der Waals surface area contributed by atoms with Crippen molar-refractivity contribution in [3.05, 3.63) is 29.2 Å². The molecule has 0 saturated carbocycles. The molecule has 0 radical (unpaired) electrons. The molecular formula is C14H19ClN4. The minimum absolute atomic E-state index is 0.575. The molecule has 1 atom stereocenters. The van der Waals surface area contributed by atoms with Crippen molar-refractivity contribution in [2.45, 2.75) is 45.2 Å². The summed E-state index contributed by atoms with van der Waals surface area (Å²) in [6.07, 6.45) is 5.37. The Balaban J connectivity index is 1.87. The molecule has 0 aromatic carbocycles. The van der Waals surface area contributed by atoms with Gasteiger partial charge in [-0.1, -0.05) is 11.6 Å². The molecule has 1 saturated heterocycles. The summed E-state index contributed by atoms with van der Waals surface area (Å²) in [7, 11) is 0. The van der Waals surface area contributed by atoms with E-state index in [9.17, 15) is 0 Å². The Morgan fingerprint density at radius 3 is 3.00 bits per heavy atom. The molecule has 19 heavy (non-hydrogen) atoms. The zero-order valence-electron chi connectivity index (χ0n) is 11.4. The van der Waals surface area contributed by atoms with Crippen LogP contribution in [0.4, 0.5) is 0 Å². The minimum atomic E-state index is 0.575. The van der Waals surface area contributed by atoms with E-state index >= 15 is 0 Å². The third kappa shape index (κ3) is 2.47. The van der Waals surface area contributed by atoms with Gasteiger partial charge in [-0.2, -0.15) is 0 Å². The Morgan fingerprint density at radius 2 is 2.21 bits per heavy atom. The second-order valence-corrected chi connectivity index (χ2v) is 5.96. The van der Waals surface area contributed by atoms with Crippen LogP contribution in [0.5, 0.6) is 0 Å². The Morgan fingerprint density at radius 1 is 1.37 bits per heavy atom. The van der Waals surface area contributed by atoms with Gasteiger partial charge in [-0.3, -0.25) is 9.30 Å². The van der Waals surface area contributed by atoms with Crippen LogP contribution in [-0.2, 0) is 6.42 Å². The summed E-state index contributed by atoms with van der Waals surface area (Å²) in [5.74, 6) is 1.01. The maximum atomic E-state index is 6.06. The van der Waals surface area contributed by atoms with E-state index in [1.165, 1.54) is 19.4 Å². The first-order valence-corrected chi connectivity index (χ1v) is 7.28. The number of hydrogen-bond acceptors (Lipinski definition) is 3. The van der Waals surface area contributed by atoms with Gasteiger partial charge in [0.1, 0.15) is 5.82 Å². The van der Waals surface area contributed by atoms with Crippen LogP contribution >= 0.6 is 11.6 Å². The molecule has 1 fully saturated rings. The van der Waals surface area contributed by atoms with Gasteiger partial charge in [0.25, 0.3) is 0 Å². The normalized spacial score (nSPS) is 20.7. The van der Waals surface area contributed by atoms with Crippen molar-refractivity contribution in [3.8, 4) is 0 Å². The van der Waals surface area contributed by atoms with Crippen LogP contribution in [0.3, 0.4) is 0 Å². The summed E-state index contributed by atoms with van der Waals surface area (Å²) in [4.78, 5) is 2.56. The van der Waals surface area contributed by atoms with Crippen LogP contribution in [0.2, 0.25) is 5.02 Å². The number of nitrogens with zero attached hydrogens (tertiary/aromatic N) is 4. The molecule has 5 heteroatoms. The maximum Gasteiger partial charge on any atom is 0.160 e. The zero-order valence-corrected chi connectivity index (χ0v) is 12.1. The van der Waals surface area contributed by atoms with Gasteiger partial charge >= 0.3 is 0 Å². The Hall–Kier alpha value is -1.13. The molecule has 1 aliphatic heterocycles. The van der Waals surface area contributed by atoms with E-state index in [-0.39, 0.29) is 0 Å². The molecule has 102 valence electrons. The average molecular weight is 279 g/mol. The molecule has 0 aliphatic carbocycles. The second kappa shape index (κ2) is 5.10. The third-order valence-electron chi connectivity index (χ3n) is 3.94. The molecule has 2 aromatic rings. The summed E-state index contributed by atoms with van der Waals surface area (Å²) in [5.41, 5.74) is 0.869. The van der Waals surface area contributed by atoms with Crippen molar-refractivity contribution in [1.29, 1.82) is 0 Å². The summed E-state index contributed by atoms with van der Waals surface area (Å²) >= 11 is 6.06. The van der Waals surface area contributed by atoms with Gasteiger partial charge in [-0.15, -0.1) is 10.2 Å². The quantitative estimate of drug-likeness (QED) is 0.866. The van der Waals surface area contributed by atoms with Crippen molar-refractivity contribution in [3.63, 3.8) is 0 Å². The lowest BCUT2D eigenvalue weighted by molar-refractivity contribution is 0.200. The summed E-state index contributed by atoms with van der Waals surface area (Å²) in [5, 5.41) is 9.25. The van der Waals surface area contributed by atoms with Crippen molar-refractivity contribution < 1.29 is 0 Å². The van der Waals surface area contributed by atoms with Crippen molar-refractivity contribution >= 4 is 17.2 Å².